The van der Waals surface area contributed by atoms with Gasteiger partial charge in [-0.1, -0.05) is 15.9 Å². The number of nitrogens with one attached hydrogen (secondary N) is 1. The monoisotopic (exact) mass is 335 g/mol. The highest BCUT2D eigenvalue weighted by Crippen LogP contribution is 2.21. The number of carbonyl (C=O) groups is 1. The molecule has 0 saturated heterocycles. The minimum Gasteiger partial charge on any atom is -0.392 e. The molecule has 0 aliphatic heterocycles. The molecule has 1 aromatic rings. The summed E-state index contributed by atoms with van der Waals surface area (Å²) in [5.41, 5.74) is 0.546. The van der Waals surface area contributed by atoms with Gasteiger partial charge < -0.3 is 10.4 Å². The summed E-state index contributed by atoms with van der Waals surface area (Å²) in [5, 5.41) is 11.7. The zero-order valence-corrected chi connectivity index (χ0v) is 11.3. The van der Waals surface area contributed by atoms with Crippen LogP contribution in [0.25, 0.3) is 0 Å². The molecule has 0 radical (unpaired) electrons. The lowest BCUT2D eigenvalue weighted by atomic mass is 10.2. The molecule has 1 aromatic carbocycles. The standard InChI is InChI=1S/C10H11Br2NO2/c1-6(14)5-13-10(15)8-4-7(11)2-3-9(8)12/h2-4,6,14H,5H2,1H3,(H,13,15). The van der Waals surface area contributed by atoms with Crippen LogP contribution in [0, 0.1) is 0 Å². The topological polar surface area (TPSA) is 49.3 Å². The average molecular weight is 337 g/mol. The van der Waals surface area contributed by atoms with Crippen molar-refractivity contribution in [2.24, 2.45) is 0 Å². The van der Waals surface area contributed by atoms with Gasteiger partial charge in [0, 0.05) is 15.5 Å². The number of hydrogen-bond donors (Lipinski definition) is 2. The van der Waals surface area contributed by atoms with Crippen LogP contribution in [0.15, 0.2) is 27.1 Å². The van der Waals surface area contributed by atoms with E-state index in [1.165, 1.54) is 0 Å². The maximum Gasteiger partial charge on any atom is 0.252 e. The van der Waals surface area contributed by atoms with Crippen molar-refractivity contribution in [3.63, 3.8) is 0 Å². The zero-order chi connectivity index (χ0) is 11.4. The van der Waals surface area contributed by atoms with Gasteiger partial charge in [0.1, 0.15) is 0 Å². The van der Waals surface area contributed by atoms with Crippen molar-refractivity contribution in [3.05, 3.63) is 32.7 Å². The fourth-order valence-electron chi connectivity index (χ4n) is 1.01. The normalized spacial score (nSPS) is 12.3. The van der Waals surface area contributed by atoms with Gasteiger partial charge in [0.2, 0.25) is 0 Å². The molecule has 0 heterocycles. The Labute approximate surface area is 105 Å². The first kappa shape index (κ1) is 12.7. The minimum absolute atomic E-state index is 0.205. The third-order valence-electron chi connectivity index (χ3n) is 1.73. The number of hydrogen-bond acceptors (Lipinski definition) is 2. The zero-order valence-electron chi connectivity index (χ0n) is 8.13. The van der Waals surface area contributed by atoms with Crippen molar-refractivity contribution < 1.29 is 9.90 Å². The number of rotatable bonds is 3. The number of aliphatic hydroxyl groups excluding tert-OH is 1. The van der Waals surface area contributed by atoms with Gasteiger partial charge in [0.25, 0.3) is 5.91 Å². The van der Waals surface area contributed by atoms with E-state index in [-0.39, 0.29) is 12.5 Å². The van der Waals surface area contributed by atoms with Crippen LogP contribution in [0.5, 0.6) is 0 Å². The molecule has 1 amide bonds. The molecule has 0 saturated carbocycles. The summed E-state index contributed by atoms with van der Waals surface area (Å²) in [5.74, 6) is -0.205. The molecule has 82 valence electrons. The van der Waals surface area contributed by atoms with E-state index in [1.807, 2.05) is 6.07 Å². The first-order chi connectivity index (χ1) is 7.00. The Balaban J connectivity index is 2.77. The Kier molecular flexibility index (Phi) is 4.76. The van der Waals surface area contributed by atoms with E-state index in [1.54, 1.807) is 19.1 Å². The molecule has 0 fully saturated rings. The predicted octanol–water partition coefficient (Wildman–Crippen LogP) is 2.32. The molecule has 0 aliphatic carbocycles. The van der Waals surface area contributed by atoms with Gasteiger partial charge in [-0.25, -0.2) is 0 Å². The van der Waals surface area contributed by atoms with Crippen molar-refractivity contribution >= 4 is 37.8 Å². The number of benzene rings is 1. The van der Waals surface area contributed by atoms with Crippen molar-refractivity contribution in [1.82, 2.24) is 5.32 Å². The quantitative estimate of drug-likeness (QED) is 0.890. The third-order valence-corrected chi connectivity index (χ3v) is 2.92. The van der Waals surface area contributed by atoms with E-state index >= 15 is 0 Å². The highest BCUT2D eigenvalue weighted by molar-refractivity contribution is 9.11. The second kappa shape index (κ2) is 5.63. The molecule has 5 heteroatoms. The van der Waals surface area contributed by atoms with Crippen molar-refractivity contribution in [2.45, 2.75) is 13.0 Å². The fraction of sp³-hybridized carbons (Fsp3) is 0.300. The van der Waals surface area contributed by atoms with E-state index in [9.17, 15) is 4.79 Å². The van der Waals surface area contributed by atoms with Crippen LogP contribution in [0.3, 0.4) is 0 Å². The van der Waals surface area contributed by atoms with Crippen molar-refractivity contribution in [2.75, 3.05) is 6.54 Å². The second-order valence-electron chi connectivity index (χ2n) is 3.18. The van der Waals surface area contributed by atoms with E-state index < -0.39 is 6.10 Å². The highest BCUT2D eigenvalue weighted by Gasteiger charge is 2.10. The number of halogens is 2. The smallest absolute Gasteiger partial charge is 0.252 e. The van der Waals surface area contributed by atoms with Gasteiger partial charge in [0.15, 0.2) is 0 Å². The summed E-state index contributed by atoms with van der Waals surface area (Å²) in [6, 6.07) is 5.36. The van der Waals surface area contributed by atoms with E-state index in [0.717, 1.165) is 8.95 Å². The van der Waals surface area contributed by atoms with E-state index in [4.69, 9.17) is 5.11 Å². The Morgan fingerprint density at radius 3 is 2.80 bits per heavy atom. The molecule has 0 aromatic heterocycles. The summed E-state index contributed by atoms with van der Waals surface area (Å²) >= 11 is 6.59. The summed E-state index contributed by atoms with van der Waals surface area (Å²) in [7, 11) is 0. The maximum absolute atomic E-state index is 11.6. The first-order valence-corrected chi connectivity index (χ1v) is 6.00. The summed E-state index contributed by atoms with van der Waals surface area (Å²) in [6.45, 7) is 1.87. The van der Waals surface area contributed by atoms with Gasteiger partial charge in [-0.3, -0.25) is 4.79 Å². The molecule has 0 spiro atoms. The van der Waals surface area contributed by atoms with Crippen LogP contribution in [-0.4, -0.2) is 23.7 Å². The van der Waals surface area contributed by atoms with Gasteiger partial charge in [0.05, 0.1) is 11.7 Å². The molecule has 1 unspecified atom stereocenters. The van der Waals surface area contributed by atoms with Gasteiger partial charge in [-0.2, -0.15) is 0 Å². The predicted molar refractivity (Wildman–Crippen MR) is 65.9 cm³/mol. The lowest BCUT2D eigenvalue weighted by Crippen LogP contribution is -2.30. The van der Waals surface area contributed by atoms with Crippen LogP contribution in [0.4, 0.5) is 0 Å². The molecule has 1 rings (SSSR count). The number of carbonyl (C=O) groups excluding carboxylic acids is 1. The third kappa shape index (κ3) is 3.93. The second-order valence-corrected chi connectivity index (χ2v) is 4.95. The molecule has 3 nitrogen and oxygen atoms in total. The molecule has 0 aliphatic rings. The van der Waals surface area contributed by atoms with Gasteiger partial charge in [-0.15, -0.1) is 0 Å². The highest BCUT2D eigenvalue weighted by atomic mass is 79.9. The molecular weight excluding hydrogens is 326 g/mol. The lowest BCUT2D eigenvalue weighted by molar-refractivity contribution is 0.0923. The molecule has 2 N–H and O–H groups in total. The SMILES string of the molecule is CC(O)CNC(=O)c1cc(Br)ccc1Br. The maximum atomic E-state index is 11.6. The van der Waals surface area contributed by atoms with E-state index in [2.05, 4.69) is 37.2 Å². The minimum atomic E-state index is -0.542. The largest absolute Gasteiger partial charge is 0.392 e. The Hall–Kier alpha value is -0.390. The first-order valence-electron chi connectivity index (χ1n) is 4.42. The Bertz CT molecular complexity index is 366. The van der Waals surface area contributed by atoms with E-state index in [0.29, 0.717) is 5.56 Å². The van der Waals surface area contributed by atoms with Crippen LogP contribution in [0.2, 0.25) is 0 Å². The molecule has 0 bridgehead atoms. The van der Waals surface area contributed by atoms with Crippen molar-refractivity contribution in [1.29, 1.82) is 0 Å². The lowest BCUT2D eigenvalue weighted by Gasteiger charge is -2.08. The van der Waals surface area contributed by atoms with Gasteiger partial charge >= 0.3 is 0 Å². The Morgan fingerprint density at radius 1 is 1.53 bits per heavy atom. The summed E-state index contributed by atoms with van der Waals surface area (Å²) in [4.78, 5) is 11.6. The van der Waals surface area contributed by atoms with Gasteiger partial charge in [-0.05, 0) is 41.1 Å². The van der Waals surface area contributed by atoms with Crippen molar-refractivity contribution in [3.8, 4) is 0 Å². The average Bonchev–Trinajstić information content (AvgIpc) is 2.18. The number of aliphatic hydroxyl groups is 1. The van der Waals surface area contributed by atoms with Crippen LogP contribution < -0.4 is 5.32 Å². The molecule has 15 heavy (non-hydrogen) atoms. The molecular formula is C10H11Br2NO2. The Morgan fingerprint density at radius 2 is 2.20 bits per heavy atom. The van der Waals surface area contributed by atoms with Crippen LogP contribution in [-0.2, 0) is 0 Å². The van der Waals surface area contributed by atoms with Crippen LogP contribution in [0.1, 0.15) is 17.3 Å². The fourth-order valence-corrected chi connectivity index (χ4v) is 1.79. The van der Waals surface area contributed by atoms with Crippen LogP contribution >= 0.6 is 31.9 Å². The summed E-state index contributed by atoms with van der Waals surface area (Å²) < 4.78 is 1.57. The number of amides is 1. The molecule has 1 atom stereocenters. The summed E-state index contributed by atoms with van der Waals surface area (Å²) in [6.07, 6.45) is -0.542.